The van der Waals surface area contributed by atoms with Crippen LogP contribution in [-0.2, 0) is 9.47 Å². The second-order valence-electron chi connectivity index (χ2n) is 4.64. The van der Waals surface area contributed by atoms with E-state index >= 15 is 0 Å². The van der Waals surface area contributed by atoms with Crippen LogP contribution in [0.5, 0.6) is 0 Å². The first-order chi connectivity index (χ1) is 8.26. The zero-order chi connectivity index (χ0) is 12.9. The summed E-state index contributed by atoms with van der Waals surface area (Å²) in [6, 6.07) is 0. The van der Waals surface area contributed by atoms with Gasteiger partial charge in [-0.15, -0.1) is 0 Å². The van der Waals surface area contributed by atoms with E-state index < -0.39 is 0 Å². The summed E-state index contributed by atoms with van der Waals surface area (Å²) in [6.45, 7) is 8.99. The van der Waals surface area contributed by atoms with Gasteiger partial charge in [0.25, 0.3) is 0 Å². The molecule has 0 rings (SSSR count). The Hall–Kier alpha value is 0.719. The molecular weight excluding hydrogens is 319 g/mol. The van der Waals surface area contributed by atoms with Crippen molar-refractivity contribution < 1.29 is 9.47 Å². The molecule has 0 spiro atoms. The Labute approximate surface area is 121 Å². The van der Waals surface area contributed by atoms with Crippen molar-refractivity contribution in [2.45, 2.75) is 63.2 Å². The van der Waals surface area contributed by atoms with E-state index in [-0.39, 0.29) is 0 Å². The molecule has 0 saturated heterocycles. The summed E-state index contributed by atoms with van der Waals surface area (Å²) in [5.41, 5.74) is 0. The van der Waals surface area contributed by atoms with Crippen molar-refractivity contribution >= 4 is 22.5 Å². The van der Waals surface area contributed by atoms with Crippen LogP contribution in [-0.4, -0.2) is 42.5 Å². The minimum atomic E-state index is 0.483. The van der Waals surface area contributed by atoms with Crippen molar-refractivity contribution in [3.63, 3.8) is 0 Å². The van der Waals surface area contributed by atoms with Gasteiger partial charge in [0.1, 0.15) is 0 Å². The summed E-state index contributed by atoms with van der Waals surface area (Å²) in [7, 11) is 0. The van der Waals surface area contributed by atoms with E-state index in [0.29, 0.717) is 6.79 Å². The first-order valence-electron chi connectivity index (χ1n) is 7.12. The van der Waals surface area contributed by atoms with Crippen molar-refractivity contribution in [2.75, 3.05) is 20.0 Å². The Balaban J connectivity index is 3.27. The fourth-order valence-electron chi connectivity index (χ4n) is 1.92. The third kappa shape index (κ3) is 10.3. The number of ether oxygens (including phenoxy) is 2. The fraction of sp³-hybridized carbons (Fsp3) is 1.00. The van der Waals surface area contributed by atoms with Crippen molar-refractivity contribution in [1.29, 1.82) is 0 Å². The molecule has 0 N–H and O–H groups in total. The molecule has 0 aromatic rings. The molecule has 0 amide bonds. The number of hydrogen-bond acceptors (Lipinski definition) is 2. The van der Waals surface area contributed by atoms with E-state index in [1.54, 1.807) is 22.5 Å². The average molecular weight is 348 g/mol. The summed E-state index contributed by atoms with van der Waals surface area (Å²) in [6.07, 6.45) is 7.60. The summed E-state index contributed by atoms with van der Waals surface area (Å²) >= 11 is 1.60. The van der Waals surface area contributed by atoms with Gasteiger partial charge < -0.3 is 0 Å². The number of hydrogen-bond donors (Lipinski definition) is 0. The summed E-state index contributed by atoms with van der Waals surface area (Å²) in [5, 5.41) is 0. The Morgan fingerprint density at radius 3 is 2.24 bits per heavy atom. The summed E-state index contributed by atoms with van der Waals surface area (Å²) in [4.78, 5) is 0. The third-order valence-corrected chi connectivity index (χ3v) is 5.05. The van der Waals surface area contributed by atoms with E-state index in [4.69, 9.17) is 9.47 Å². The van der Waals surface area contributed by atoms with Crippen LogP contribution < -0.4 is 0 Å². The van der Waals surface area contributed by atoms with Crippen LogP contribution in [0.15, 0.2) is 0 Å². The summed E-state index contributed by atoms with van der Waals surface area (Å²) in [5.74, 6) is 0.831. The van der Waals surface area contributed by atoms with Crippen molar-refractivity contribution in [3.8, 4) is 0 Å². The molecule has 0 bridgehead atoms. The van der Waals surface area contributed by atoms with Crippen LogP contribution in [0.1, 0.15) is 59.3 Å². The zero-order valence-electron chi connectivity index (χ0n) is 11.8. The van der Waals surface area contributed by atoms with E-state index in [1.807, 2.05) is 0 Å². The van der Waals surface area contributed by atoms with Gasteiger partial charge in [0.2, 0.25) is 0 Å². The van der Waals surface area contributed by atoms with E-state index in [9.17, 15) is 0 Å². The van der Waals surface area contributed by atoms with E-state index in [2.05, 4.69) is 20.8 Å². The van der Waals surface area contributed by atoms with Gasteiger partial charge in [-0.2, -0.15) is 0 Å². The Morgan fingerprint density at radius 2 is 1.65 bits per heavy atom. The Kier molecular flexibility index (Phi) is 13.7. The minimum absolute atomic E-state index is 0.483. The zero-order valence-corrected chi connectivity index (χ0v) is 14.7. The van der Waals surface area contributed by atoms with Crippen LogP contribution in [0.3, 0.4) is 0 Å². The van der Waals surface area contributed by atoms with Crippen molar-refractivity contribution in [1.82, 2.24) is 0 Å². The molecule has 101 valence electrons. The van der Waals surface area contributed by atoms with Crippen LogP contribution in [0.2, 0.25) is 3.93 Å². The number of unbranched alkanes of at least 4 members (excludes halogenated alkanes) is 3. The molecule has 0 aromatic carbocycles. The van der Waals surface area contributed by atoms with Gasteiger partial charge in [0, 0.05) is 0 Å². The van der Waals surface area contributed by atoms with E-state index in [0.717, 1.165) is 23.1 Å². The monoisotopic (exact) mass is 349 g/mol. The van der Waals surface area contributed by atoms with Gasteiger partial charge in [-0.1, -0.05) is 0 Å². The molecular formula is C14H29O2Sn. The molecule has 0 fully saturated rings. The molecule has 3 heteroatoms. The molecule has 0 heterocycles. The SMILES string of the molecule is CCCCCCOCOC[CH]([Sn])C(CC)CC. The molecule has 0 aliphatic heterocycles. The Bertz CT molecular complexity index is 149. The third-order valence-electron chi connectivity index (χ3n) is 3.22. The van der Waals surface area contributed by atoms with Gasteiger partial charge in [0.05, 0.1) is 0 Å². The second kappa shape index (κ2) is 13.2. The van der Waals surface area contributed by atoms with Crippen molar-refractivity contribution in [2.24, 2.45) is 5.92 Å². The number of rotatable bonds is 12. The maximum absolute atomic E-state index is 5.59. The molecule has 2 nitrogen and oxygen atoms in total. The first-order valence-corrected chi connectivity index (χ1v) is 8.77. The quantitative estimate of drug-likeness (QED) is 0.302. The Morgan fingerprint density at radius 1 is 0.941 bits per heavy atom. The fourth-order valence-corrected chi connectivity index (χ4v) is 3.60. The van der Waals surface area contributed by atoms with Crippen LogP contribution >= 0.6 is 0 Å². The molecule has 0 saturated carbocycles. The van der Waals surface area contributed by atoms with Gasteiger partial charge in [-0.3, -0.25) is 0 Å². The van der Waals surface area contributed by atoms with E-state index in [1.165, 1.54) is 38.5 Å². The standard InChI is InChI=1S/C14H29O2.Sn/c1-4-7-8-9-11-15-13-16-12-10-14(5-2)6-3;/h10,14H,4-9,11-13H2,1-3H3;. The maximum atomic E-state index is 5.59. The van der Waals surface area contributed by atoms with Gasteiger partial charge in [-0.25, -0.2) is 0 Å². The molecule has 0 aromatic heterocycles. The van der Waals surface area contributed by atoms with Crippen molar-refractivity contribution in [3.05, 3.63) is 0 Å². The summed E-state index contributed by atoms with van der Waals surface area (Å²) < 4.78 is 11.8. The van der Waals surface area contributed by atoms with Crippen LogP contribution in [0.4, 0.5) is 0 Å². The van der Waals surface area contributed by atoms with Crippen LogP contribution in [0.25, 0.3) is 0 Å². The molecule has 1 unspecified atom stereocenters. The predicted molar refractivity (Wildman–Crippen MR) is 74.5 cm³/mol. The molecule has 3 radical (unpaired) electrons. The second-order valence-corrected chi connectivity index (χ2v) is 6.76. The molecule has 17 heavy (non-hydrogen) atoms. The molecule has 1 atom stereocenters. The topological polar surface area (TPSA) is 18.5 Å². The van der Waals surface area contributed by atoms with Gasteiger partial charge in [0.15, 0.2) is 0 Å². The predicted octanol–water partition coefficient (Wildman–Crippen LogP) is 3.95. The molecule has 0 aliphatic rings. The first kappa shape index (κ1) is 17.7. The van der Waals surface area contributed by atoms with Crippen LogP contribution in [0, 0.1) is 5.92 Å². The van der Waals surface area contributed by atoms with Gasteiger partial charge >= 0.3 is 121 Å². The van der Waals surface area contributed by atoms with Gasteiger partial charge in [-0.05, 0) is 0 Å². The molecule has 0 aliphatic carbocycles. The normalized spacial score (nSPS) is 13.2. The average Bonchev–Trinajstić information content (AvgIpc) is 2.34.